The quantitative estimate of drug-likeness (QED) is 0.516. The van der Waals surface area contributed by atoms with Gasteiger partial charge >= 0.3 is 0 Å². The summed E-state index contributed by atoms with van der Waals surface area (Å²) in [5, 5.41) is 0. The maximum absolute atomic E-state index is 5.80. The third-order valence-electron chi connectivity index (χ3n) is 4.40. The van der Waals surface area contributed by atoms with Gasteiger partial charge in [0.05, 0.1) is 22.4 Å². The Balaban J connectivity index is 1.97. The van der Waals surface area contributed by atoms with Crippen LogP contribution in [0, 0.1) is 0 Å². The Hall–Kier alpha value is -0.0800. The van der Waals surface area contributed by atoms with Crippen LogP contribution in [0.25, 0.3) is 0 Å². The Morgan fingerprint density at radius 2 is 0.917 bits per heavy atom. The van der Waals surface area contributed by atoms with Crippen molar-refractivity contribution in [3.05, 3.63) is 0 Å². The second-order valence-corrected chi connectivity index (χ2v) is 5.48. The Kier molecular flexibility index (Phi) is 0.843. The van der Waals surface area contributed by atoms with Crippen molar-refractivity contribution in [1.29, 1.82) is 0 Å². The van der Waals surface area contributed by atoms with Gasteiger partial charge < -0.3 is 9.47 Å². The van der Waals surface area contributed by atoms with Crippen LogP contribution < -0.4 is 0 Å². The highest BCUT2D eigenvalue weighted by Crippen LogP contribution is 2.70. The molecule has 4 atom stereocenters. The summed E-state index contributed by atoms with van der Waals surface area (Å²) < 4.78 is 11.6. The van der Waals surface area contributed by atoms with Gasteiger partial charge in [0.2, 0.25) is 0 Å². The number of fused-ring (bicyclic) bond motifs is 2. The lowest BCUT2D eigenvalue weighted by molar-refractivity contribution is 0.194. The summed E-state index contributed by atoms with van der Waals surface area (Å²) in [5.41, 5.74) is 0.436. The van der Waals surface area contributed by atoms with E-state index >= 15 is 0 Å². The van der Waals surface area contributed by atoms with Gasteiger partial charge in [-0.25, -0.2) is 0 Å². The largest absolute Gasteiger partial charge is 0.363 e. The van der Waals surface area contributed by atoms with E-state index in [9.17, 15) is 0 Å². The maximum atomic E-state index is 5.80. The van der Waals surface area contributed by atoms with E-state index in [0.29, 0.717) is 0 Å². The smallest absolute Gasteiger partial charge is 0.0978 e. The Morgan fingerprint density at radius 3 is 1.17 bits per heavy atom. The number of ether oxygens (including phenoxy) is 2. The molecule has 1 aliphatic carbocycles. The number of hydrogen-bond donors (Lipinski definition) is 0. The van der Waals surface area contributed by atoms with Crippen molar-refractivity contribution in [3.63, 3.8) is 0 Å². The molecule has 2 heteroatoms. The monoisotopic (exact) mass is 168 g/mol. The van der Waals surface area contributed by atoms with Crippen LogP contribution in [0.15, 0.2) is 0 Å². The summed E-state index contributed by atoms with van der Waals surface area (Å²) in [4.78, 5) is 0. The van der Waals surface area contributed by atoms with Gasteiger partial charge in [-0.3, -0.25) is 0 Å². The van der Waals surface area contributed by atoms with Crippen LogP contribution in [0.5, 0.6) is 0 Å². The number of rotatable bonds is 0. The van der Waals surface area contributed by atoms with Crippen molar-refractivity contribution in [1.82, 2.24) is 0 Å². The summed E-state index contributed by atoms with van der Waals surface area (Å²) in [5.74, 6) is 0. The van der Waals surface area contributed by atoms with E-state index in [0.717, 1.165) is 12.8 Å². The van der Waals surface area contributed by atoms with Crippen molar-refractivity contribution in [3.8, 4) is 0 Å². The van der Waals surface area contributed by atoms with Gasteiger partial charge in [0.15, 0.2) is 0 Å². The topological polar surface area (TPSA) is 25.1 Å². The fourth-order valence-electron chi connectivity index (χ4n) is 3.12. The Bertz CT molecular complexity index is 225. The molecule has 3 fully saturated rings. The first kappa shape index (κ1) is 7.34. The predicted molar refractivity (Wildman–Crippen MR) is 45.0 cm³/mol. The maximum Gasteiger partial charge on any atom is 0.0978 e. The molecule has 0 spiro atoms. The molecule has 3 rings (SSSR count). The summed E-state index contributed by atoms with van der Waals surface area (Å²) in [6, 6.07) is 0. The molecule has 0 radical (unpaired) electrons. The lowest BCUT2D eigenvalue weighted by atomic mass is 9.71. The van der Waals surface area contributed by atoms with E-state index in [2.05, 4.69) is 27.7 Å². The molecule has 2 heterocycles. The van der Waals surface area contributed by atoms with Gasteiger partial charge in [-0.1, -0.05) is 0 Å². The van der Waals surface area contributed by atoms with E-state index in [1.807, 2.05) is 0 Å². The average molecular weight is 168 g/mol. The van der Waals surface area contributed by atoms with Gasteiger partial charge in [-0.15, -0.1) is 0 Å². The van der Waals surface area contributed by atoms with Crippen LogP contribution in [-0.2, 0) is 9.47 Å². The van der Waals surface area contributed by atoms with E-state index in [-0.39, 0.29) is 22.4 Å². The van der Waals surface area contributed by atoms with Gasteiger partial charge in [0, 0.05) is 12.8 Å². The van der Waals surface area contributed by atoms with Gasteiger partial charge in [-0.05, 0) is 27.7 Å². The SMILES string of the molecule is C[C@@]12C[C@@]3(C)O[C@@]3(C)C[C@]1(C)O2. The highest BCUT2D eigenvalue weighted by Gasteiger charge is 2.81. The molecule has 2 aliphatic heterocycles. The molecular weight excluding hydrogens is 152 g/mol. The van der Waals surface area contributed by atoms with Crippen LogP contribution in [0.2, 0.25) is 0 Å². The zero-order valence-corrected chi connectivity index (χ0v) is 8.23. The molecule has 0 aromatic carbocycles. The second-order valence-electron chi connectivity index (χ2n) is 5.48. The van der Waals surface area contributed by atoms with Crippen LogP contribution in [-0.4, -0.2) is 22.4 Å². The fourth-order valence-corrected chi connectivity index (χ4v) is 3.12. The van der Waals surface area contributed by atoms with Crippen LogP contribution in [0.1, 0.15) is 40.5 Å². The van der Waals surface area contributed by atoms with Crippen LogP contribution in [0.3, 0.4) is 0 Å². The van der Waals surface area contributed by atoms with Crippen molar-refractivity contribution in [2.75, 3.05) is 0 Å². The molecule has 0 N–H and O–H groups in total. The van der Waals surface area contributed by atoms with Crippen LogP contribution in [0.4, 0.5) is 0 Å². The average Bonchev–Trinajstić information content (AvgIpc) is 2.45. The summed E-state index contributed by atoms with van der Waals surface area (Å²) >= 11 is 0. The molecule has 0 amide bonds. The lowest BCUT2D eigenvalue weighted by Crippen LogP contribution is -2.39. The minimum atomic E-state index is 0.109. The predicted octanol–water partition coefficient (Wildman–Crippen LogP) is 1.88. The highest BCUT2D eigenvalue weighted by atomic mass is 16.7. The Morgan fingerprint density at radius 1 is 0.667 bits per heavy atom. The zero-order chi connectivity index (χ0) is 8.83. The molecule has 0 unspecified atom stereocenters. The molecule has 2 saturated heterocycles. The highest BCUT2D eigenvalue weighted by molar-refractivity contribution is 5.29. The normalized spacial score (nSPS) is 73.0. The zero-order valence-electron chi connectivity index (χ0n) is 8.23. The molecule has 3 aliphatic rings. The molecule has 1 saturated carbocycles. The first-order chi connectivity index (χ1) is 5.33. The minimum Gasteiger partial charge on any atom is -0.363 e. The third-order valence-corrected chi connectivity index (χ3v) is 4.40. The lowest BCUT2D eigenvalue weighted by Gasteiger charge is -2.24. The molecule has 0 bridgehead atoms. The standard InChI is InChI=1S/C10H16O2/c1-7-5-9(3)10(4,12-9)6-8(7,2)11-7/h5-6H2,1-4H3/t7-,8+,9-,10+. The van der Waals surface area contributed by atoms with Crippen LogP contribution >= 0.6 is 0 Å². The Labute approximate surface area is 73.2 Å². The van der Waals surface area contributed by atoms with E-state index in [1.165, 1.54) is 0 Å². The first-order valence-corrected chi connectivity index (χ1v) is 4.73. The van der Waals surface area contributed by atoms with E-state index in [4.69, 9.17) is 9.47 Å². The van der Waals surface area contributed by atoms with Crippen molar-refractivity contribution in [2.45, 2.75) is 62.9 Å². The van der Waals surface area contributed by atoms with Crippen molar-refractivity contribution in [2.24, 2.45) is 0 Å². The molecule has 2 nitrogen and oxygen atoms in total. The van der Waals surface area contributed by atoms with E-state index in [1.54, 1.807) is 0 Å². The number of hydrogen-bond acceptors (Lipinski definition) is 2. The molecular formula is C10H16O2. The third kappa shape index (κ3) is 0.549. The van der Waals surface area contributed by atoms with Gasteiger partial charge in [-0.2, -0.15) is 0 Å². The summed E-state index contributed by atoms with van der Waals surface area (Å²) in [6.45, 7) is 8.83. The fraction of sp³-hybridized carbons (Fsp3) is 1.00. The molecule has 12 heavy (non-hydrogen) atoms. The summed E-state index contributed by atoms with van der Waals surface area (Å²) in [7, 11) is 0. The first-order valence-electron chi connectivity index (χ1n) is 4.73. The molecule has 0 aromatic rings. The van der Waals surface area contributed by atoms with E-state index < -0.39 is 0 Å². The van der Waals surface area contributed by atoms with Crippen molar-refractivity contribution < 1.29 is 9.47 Å². The number of epoxide rings is 2. The second kappa shape index (κ2) is 1.38. The molecule has 0 aromatic heterocycles. The minimum absolute atomic E-state index is 0.109. The van der Waals surface area contributed by atoms with Gasteiger partial charge in [0.1, 0.15) is 0 Å². The van der Waals surface area contributed by atoms with Crippen molar-refractivity contribution >= 4 is 0 Å². The summed E-state index contributed by atoms with van der Waals surface area (Å²) in [6.07, 6.45) is 2.12. The van der Waals surface area contributed by atoms with Gasteiger partial charge in [0.25, 0.3) is 0 Å². The molecule has 68 valence electrons.